The van der Waals surface area contributed by atoms with Crippen LogP contribution in [0.1, 0.15) is 31.4 Å². The van der Waals surface area contributed by atoms with Gasteiger partial charge in [-0.25, -0.2) is 0 Å². The molecule has 1 fully saturated rings. The Balaban J connectivity index is 1.81. The van der Waals surface area contributed by atoms with Gasteiger partial charge in [0.2, 0.25) is 5.91 Å². The number of nitrogens with one attached hydrogen (secondary N) is 1. The molecule has 1 heterocycles. The molecular formula is C16H23ClN2O2. The van der Waals surface area contributed by atoms with Crippen LogP contribution in [-0.2, 0) is 4.79 Å². The zero-order chi connectivity index (χ0) is 15.2. The second-order valence-corrected chi connectivity index (χ2v) is 6.12. The molecule has 1 aliphatic rings. The molecule has 0 aliphatic carbocycles. The number of carbonyl (C=O) groups excluding carboxylic acids is 1. The van der Waals surface area contributed by atoms with Gasteiger partial charge in [0.15, 0.2) is 0 Å². The van der Waals surface area contributed by atoms with Crippen molar-refractivity contribution in [1.82, 2.24) is 10.2 Å². The molecule has 0 bridgehead atoms. The number of aliphatic hydroxyl groups is 1. The summed E-state index contributed by atoms with van der Waals surface area (Å²) in [4.78, 5) is 14.3. The van der Waals surface area contributed by atoms with Crippen LogP contribution in [0.25, 0.3) is 0 Å². The van der Waals surface area contributed by atoms with Crippen molar-refractivity contribution in [3.05, 3.63) is 34.9 Å². The van der Waals surface area contributed by atoms with Gasteiger partial charge in [-0.15, -0.1) is 0 Å². The Morgan fingerprint density at radius 1 is 1.52 bits per heavy atom. The van der Waals surface area contributed by atoms with Crippen LogP contribution in [0.15, 0.2) is 24.3 Å². The van der Waals surface area contributed by atoms with Gasteiger partial charge in [0.1, 0.15) is 0 Å². The Hall–Kier alpha value is -1.10. The summed E-state index contributed by atoms with van der Waals surface area (Å²) < 4.78 is 0. The minimum absolute atomic E-state index is 0.0204. The second kappa shape index (κ2) is 7.78. The number of carbonyl (C=O) groups is 1. The maximum absolute atomic E-state index is 12.1. The molecular weight excluding hydrogens is 288 g/mol. The molecule has 21 heavy (non-hydrogen) atoms. The maximum Gasteiger partial charge on any atom is 0.234 e. The van der Waals surface area contributed by atoms with E-state index >= 15 is 0 Å². The van der Waals surface area contributed by atoms with Crippen molar-refractivity contribution in [1.29, 1.82) is 0 Å². The highest BCUT2D eigenvalue weighted by Crippen LogP contribution is 2.22. The number of aliphatic hydroxyl groups excluding tert-OH is 1. The van der Waals surface area contributed by atoms with Gasteiger partial charge in [-0.3, -0.25) is 9.69 Å². The van der Waals surface area contributed by atoms with Crippen molar-refractivity contribution in [3.8, 4) is 0 Å². The van der Waals surface area contributed by atoms with Crippen LogP contribution < -0.4 is 5.32 Å². The largest absolute Gasteiger partial charge is 0.396 e. The first kappa shape index (κ1) is 16.3. The smallest absolute Gasteiger partial charge is 0.234 e. The third-order valence-electron chi connectivity index (χ3n) is 4.02. The lowest BCUT2D eigenvalue weighted by Crippen LogP contribution is -2.37. The van der Waals surface area contributed by atoms with Gasteiger partial charge in [-0.2, -0.15) is 0 Å². The van der Waals surface area contributed by atoms with Crippen molar-refractivity contribution in [2.75, 3.05) is 26.2 Å². The average Bonchev–Trinajstić information content (AvgIpc) is 2.86. The summed E-state index contributed by atoms with van der Waals surface area (Å²) in [7, 11) is 0. The fraction of sp³-hybridized carbons (Fsp3) is 0.562. The third kappa shape index (κ3) is 4.70. The first-order valence-corrected chi connectivity index (χ1v) is 7.85. The predicted molar refractivity (Wildman–Crippen MR) is 84.3 cm³/mol. The van der Waals surface area contributed by atoms with E-state index in [0.29, 0.717) is 17.5 Å². The van der Waals surface area contributed by atoms with Crippen molar-refractivity contribution >= 4 is 17.5 Å². The molecule has 1 saturated heterocycles. The van der Waals surface area contributed by atoms with Crippen molar-refractivity contribution < 1.29 is 9.90 Å². The zero-order valence-corrected chi connectivity index (χ0v) is 13.1. The fourth-order valence-electron chi connectivity index (χ4n) is 2.87. The molecule has 1 aliphatic heterocycles. The van der Waals surface area contributed by atoms with Gasteiger partial charge >= 0.3 is 0 Å². The highest BCUT2D eigenvalue weighted by atomic mass is 35.5. The van der Waals surface area contributed by atoms with Crippen LogP contribution >= 0.6 is 11.6 Å². The Morgan fingerprint density at radius 3 is 3.00 bits per heavy atom. The van der Waals surface area contributed by atoms with E-state index in [4.69, 9.17) is 16.7 Å². The Morgan fingerprint density at radius 2 is 2.29 bits per heavy atom. The Bertz CT molecular complexity index is 481. The molecule has 0 saturated carbocycles. The number of hydrogen-bond acceptors (Lipinski definition) is 3. The first-order chi connectivity index (χ1) is 10.1. The Kier molecular flexibility index (Phi) is 6.03. The average molecular weight is 311 g/mol. The lowest BCUT2D eigenvalue weighted by molar-refractivity contribution is -0.122. The van der Waals surface area contributed by atoms with Crippen molar-refractivity contribution in [3.63, 3.8) is 0 Å². The van der Waals surface area contributed by atoms with Gasteiger partial charge in [-0.1, -0.05) is 29.8 Å². The summed E-state index contributed by atoms with van der Waals surface area (Å²) in [5.41, 5.74) is 0.937. The van der Waals surface area contributed by atoms with Crippen LogP contribution in [-0.4, -0.2) is 42.2 Å². The summed E-state index contributed by atoms with van der Waals surface area (Å²) in [5, 5.41) is 12.6. The molecule has 0 aromatic heterocycles. The molecule has 1 amide bonds. The van der Waals surface area contributed by atoms with E-state index in [0.717, 1.165) is 31.5 Å². The molecule has 2 N–H and O–H groups in total. The standard InChI is InChI=1S/C16H23ClN2O2/c1-12(14-4-2-3-5-15(14)17)18-16(21)11-19-8-6-13(10-19)7-9-20/h2-5,12-13,20H,6-11H2,1H3,(H,18,21). The number of rotatable bonds is 6. The highest BCUT2D eigenvalue weighted by Gasteiger charge is 2.24. The van der Waals surface area contributed by atoms with E-state index in [9.17, 15) is 4.79 Å². The van der Waals surface area contributed by atoms with Crippen LogP contribution in [0.4, 0.5) is 0 Å². The van der Waals surface area contributed by atoms with Gasteiger partial charge in [-0.05, 0) is 43.9 Å². The SMILES string of the molecule is CC(NC(=O)CN1CCC(CCO)C1)c1ccccc1Cl. The van der Waals surface area contributed by atoms with Gasteiger partial charge < -0.3 is 10.4 Å². The minimum atomic E-state index is -0.0953. The molecule has 4 nitrogen and oxygen atoms in total. The summed E-state index contributed by atoms with van der Waals surface area (Å²) in [6.07, 6.45) is 1.89. The molecule has 2 atom stereocenters. The van der Waals surface area contributed by atoms with E-state index in [2.05, 4.69) is 10.2 Å². The number of amides is 1. The molecule has 0 spiro atoms. The first-order valence-electron chi connectivity index (χ1n) is 7.47. The molecule has 0 radical (unpaired) electrons. The van der Waals surface area contributed by atoms with Crippen LogP contribution in [0.3, 0.4) is 0 Å². The quantitative estimate of drug-likeness (QED) is 0.847. The summed E-state index contributed by atoms with van der Waals surface area (Å²) >= 11 is 6.14. The summed E-state index contributed by atoms with van der Waals surface area (Å²) in [5.74, 6) is 0.538. The highest BCUT2D eigenvalue weighted by molar-refractivity contribution is 6.31. The number of halogens is 1. The van der Waals surface area contributed by atoms with Crippen LogP contribution in [0.2, 0.25) is 5.02 Å². The van der Waals surface area contributed by atoms with Gasteiger partial charge in [0.25, 0.3) is 0 Å². The molecule has 5 heteroatoms. The van der Waals surface area contributed by atoms with E-state index in [1.807, 2.05) is 31.2 Å². The van der Waals surface area contributed by atoms with Crippen LogP contribution in [0.5, 0.6) is 0 Å². The fourth-order valence-corrected chi connectivity index (χ4v) is 3.17. The topological polar surface area (TPSA) is 52.6 Å². The van der Waals surface area contributed by atoms with E-state index in [1.165, 1.54) is 0 Å². The molecule has 1 aromatic rings. The molecule has 116 valence electrons. The minimum Gasteiger partial charge on any atom is -0.396 e. The lowest BCUT2D eigenvalue weighted by Gasteiger charge is -2.19. The van der Waals surface area contributed by atoms with E-state index in [-0.39, 0.29) is 18.6 Å². The predicted octanol–water partition coefficient (Wildman–Crippen LogP) is 2.22. The third-order valence-corrected chi connectivity index (χ3v) is 4.37. The number of hydrogen-bond donors (Lipinski definition) is 2. The number of nitrogens with zero attached hydrogens (tertiary/aromatic N) is 1. The van der Waals surface area contributed by atoms with Gasteiger partial charge in [0, 0.05) is 18.2 Å². The van der Waals surface area contributed by atoms with Crippen molar-refractivity contribution in [2.45, 2.75) is 25.8 Å². The molecule has 2 unspecified atom stereocenters. The molecule has 1 aromatic carbocycles. The Labute approximate surface area is 131 Å². The lowest BCUT2D eigenvalue weighted by atomic mass is 10.1. The number of benzene rings is 1. The van der Waals surface area contributed by atoms with E-state index in [1.54, 1.807) is 0 Å². The maximum atomic E-state index is 12.1. The number of likely N-dealkylation sites (tertiary alicyclic amines) is 1. The molecule has 2 rings (SSSR count). The zero-order valence-electron chi connectivity index (χ0n) is 12.4. The van der Waals surface area contributed by atoms with Crippen LogP contribution in [0, 0.1) is 5.92 Å². The van der Waals surface area contributed by atoms with Gasteiger partial charge in [0.05, 0.1) is 12.6 Å². The summed E-state index contributed by atoms with van der Waals surface area (Å²) in [6, 6.07) is 7.47. The summed E-state index contributed by atoms with van der Waals surface area (Å²) in [6.45, 7) is 4.41. The van der Waals surface area contributed by atoms with Crippen molar-refractivity contribution in [2.24, 2.45) is 5.92 Å². The second-order valence-electron chi connectivity index (χ2n) is 5.71. The monoisotopic (exact) mass is 310 g/mol. The normalized spacial score (nSPS) is 20.4. The van der Waals surface area contributed by atoms with E-state index < -0.39 is 0 Å².